The molecule has 0 bridgehead atoms. The van der Waals surface area contributed by atoms with Gasteiger partial charge in [0.1, 0.15) is 12.4 Å². The highest BCUT2D eigenvalue weighted by atomic mass is 19.1. The Morgan fingerprint density at radius 1 is 1.29 bits per heavy atom. The van der Waals surface area contributed by atoms with Crippen molar-refractivity contribution in [2.45, 2.75) is 33.0 Å². The second kappa shape index (κ2) is 5.57. The number of benzene rings is 1. The monoisotopic (exact) mass is 327 g/mol. The zero-order chi connectivity index (χ0) is 17.6. The lowest BCUT2D eigenvalue weighted by atomic mass is 9.78. The molecule has 1 aliphatic rings. The molecule has 122 valence electrons. The minimum atomic E-state index is -0.851. The number of ketones is 1. The third kappa shape index (κ3) is 2.03. The van der Waals surface area contributed by atoms with Gasteiger partial charge in [0.05, 0.1) is 17.2 Å². The van der Waals surface area contributed by atoms with Crippen LogP contribution in [0.15, 0.2) is 21.7 Å². The summed E-state index contributed by atoms with van der Waals surface area (Å²) in [5, 5.41) is 9.10. The van der Waals surface area contributed by atoms with Gasteiger partial charge in [0.15, 0.2) is 0 Å². The second-order valence-electron chi connectivity index (χ2n) is 5.66. The van der Waals surface area contributed by atoms with Gasteiger partial charge in [-0.3, -0.25) is 19.1 Å². The molecule has 0 aliphatic heterocycles. The van der Waals surface area contributed by atoms with Crippen LogP contribution in [0.4, 0.5) is 4.39 Å². The fourth-order valence-corrected chi connectivity index (χ4v) is 3.39. The van der Waals surface area contributed by atoms with E-state index < -0.39 is 29.6 Å². The van der Waals surface area contributed by atoms with E-state index in [1.54, 1.807) is 13.8 Å². The van der Waals surface area contributed by atoms with Crippen LogP contribution in [0.3, 0.4) is 0 Å². The van der Waals surface area contributed by atoms with E-state index in [2.05, 4.69) is 4.98 Å². The highest BCUT2D eigenvalue weighted by molar-refractivity contribution is 6.12. The van der Waals surface area contributed by atoms with E-state index in [0.29, 0.717) is 5.56 Å². The molecule has 0 saturated carbocycles. The first-order chi connectivity index (χ1) is 11.4. The topological polar surface area (TPSA) is 95.7 Å². The molecule has 1 atom stereocenters. The predicted molar refractivity (Wildman–Crippen MR) is 83.9 cm³/mol. The number of nitrogens with one attached hydrogen (secondary N) is 1. The molecule has 0 radical (unpaired) electrons. The Balaban J connectivity index is 2.45. The van der Waals surface area contributed by atoms with Crippen LogP contribution >= 0.6 is 0 Å². The average molecular weight is 327 g/mol. The Labute approximate surface area is 136 Å². The molecule has 0 saturated heterocycles. The number of halogens is 1. The molecule has 7 heteroatoms. The van der Waals surface area contributed by atoms with Gasteiger partial charge in [-0.05, 0) is 30.2 Å². The first kappa shape index (κ1) is 15.9. The Morgan fingerprint density at radius 3 is 2.58 bits per heavy atom. The van der Waals surface area contributed by atoms with Crippen LogP contribution in [-0.4, -0.2) is 15.3 Å². The zero-order valence-electron chi connectivity index (χ0n) is 13.1. The van der Waals surface area contributed by atoms with Crippen molar-refractivity contribution in [3.8, 4) is 6.07 Å². The molecule has 1 aliphatic carbocycles. The van der Waals surface area contributed by atoms with Crippen molar-refractivity contribution in [3.63, 3.8) is 0 Å². The zero-order valence-corrected chi connectivity index (χ0v) is 13.1. The van der Waals surface area contributed by atoms with Crippen LogP contribution in [0.5, 0.6) is 0 Å². The molecule has 1 aromatic heterocycles. The van der Waals surface area contributed by atoms with Gasteiger partial charge in [-0.25, -0.2) is 9.18 Å². The van der Waals surface area contributed by atoms with E-state index in [1.807, 2.05) is 6.07 Å². The summed E-state index contributed by atoms with van der Waals surface area (Å²) in [4.78, 5) is 39.4. The molecule has 24 heavy (non-hydrogen) atoms. The molecule has 0 amide bonds. The fraction of sp³-hybridized carbons (Fsp3) is 0.294. The smallest absolute Gasteiger partial charge is 0.290 e. The number of fused-ring (bicyclic) bond motifs is 2. The van der Waals surface area contributed by atoms with Crippen molar-refractivity contribution in [1.29, 1.82) is 5.26 Å². The average Bonchev–Trinajstić information content (AvgIpc) is 2.57. The van der Waals surface area contributed by atoms with Crippen molar-refractivity contribution >= 4 is 5.78 Å². The first-order valence-electron chi connectivity index (χ1n) is 7.49. The molecule has 2 aromatic rings. The number of carbonyl (C=O) groups excluding carboxylic acids is 1. The minimum Gasteiger partial charge on any atom is -0.290 e. The van der Waals surface area contributed by atoms with Crippen LogP contribution < -0.4 is 11.2 Å². The van der Waals surface area contributed by atoms with E-state index in [-0.39, 0.29) is 34.5 Å². The predicted octanol–water partition coefficient (Wildman–Crippen LogP) is 1.59. The van der Waals surface area contributed by atoms with Crippen molar-refractivity contribution < 1.29 is 9.18 Å². The number of nitrogens with zero attached hydrogens (tertiary/aromatic N) is 2. The minimum absolute atomic E-state index is 0.0196. The number of hydrogen-bond acceptors (Lipinski definition) is 4. The summed E-state index contributed by atoms with van der Waals surface area (Å²) in [7, 11) is 0. The number of H-pyrrole nitrogens is 1. The largest absolute Gasteiger partial charge is 0.328 e. The molecular formula is C17H14FN3O3. The van der Waals surface area contributed by atoms with Crippen LogP contribution in [-0.2, 0) is 13.2 Å². The van der Waals surface area contributed by atoms with Gasteiger partial charge in [0, 0.05) is 18.0 Å². The van der Waals surface area contributed by atoms with Crippen LogP contribution in [0.1, 0.15) is 58.1 Å². The Hall–Kier alpha value is -3.01. The summed E-state index contributed by atoms with van der Waals surface area (Å²) in [5.74, 6) is -1.09. The number of aromatic nitrogens is 2. The second-order valence-corrected chi connectivity index (χ2v) is 5.66. The summed E-state index contributed by atoms with van der Waals surface area (Å²) in [6, 6.07) is 4.68. The lowest BCUT2D eigenvalue weighted by Gasteiger charge is -2.27. The van der Waals surface area contributed by atoms with Gasteiger partial charge in [0.25, 0.3) is 5.56 Å². The Bertz CT molecular complexity index is 1030. The standard InChI is InChI=1S/C17H14FN3O3/c1-3-21-14-13(16(23)20-17(21)24)8(2)12-10(6-18)4-9(7-19)5-11(12)15(14)22/h4-5,8H,3,6H2,1-2H3,(H,20,23,24). The van der Waals surface area contributed by atoms with Gasteiger partial charge in [-0.1, -0.05) is 6.92 Å². The summed E-state index contributed by atoms with van der Waals surface area (Å²) in [6.45, 7) is 2.73. The van der Waals surface area contributed by atoms with E-state index in [9.17, 15) is 18.8 Å². The highest BCUT2D eigenvalue weighted by Gasteiger charge is 2.35. The quantitative estimate of drug-likeness (QED) is 0.906. The Kier molecular flexibility index (Phi) is 3.68. The molecule has 1 unspecified atom stereocenters. The maximum atomic E-state index is 13.5. The number of rotatable bonds is 2. The molecule has 0 fully saturated rings. The molecular weight excluding hydrogens is 313 g/mol. The van der Waals surface area contributed by atoms with Crippen molar-refractivity contribution in [2.24, 2.45) is 0 Å². The molecule has 0 spiro atoms. The molecule has 1 heterocycles. The third-order valence-corrected chi connectivity index (χ3v) is 4.42. The maximum absolute atomic E-state index is 13.5. The molecule has 1 aromatic carbocycles. The third-order valence-electron chi connectivity index (χ3n) is 4.42. The fourth-order valence-electron chi connectivity index (χ4n) is 3.39. The van der Waals surface area contributed by atoms with Gasteiger partial charge in [-0.15, -0.1) is 0 Å². The lowest BCUT2D eigenvalue weighted by Crippen LogP contribution is -2.40. The number of carbonyl (C=O) groups is 1. The van der Waals surface area contributed by atoms with Crippen LogP contribution in [0.2, 0.25) is 0 Å². The number of alkyl halides is 1. The summed E-state index contributed by atoms with van der Waals surface area (Å²) >= 11 is 0. The molecule has 6 nitrogen and oxygen atoms in total. The van der Waals surface area contributed by atoms with E-state index in [4.69, 9.17) is 5.26 Å². The number of aromatic amines is 1. The maximum Gasteiger partial charge on any atom is 0.328 e. The summed E-state index contributed by atoms with van der Waals surface area (Å²) in [6.07, 6.45) is 0. The lowest BCUT2D eigenvalue weighted by molar-refractivity contribution is 0.102. The van der Waals surface area contributed by atoms with Crippen molar-refractivity contribution in [1.82, 2.24) is 9.55 Å². The normalized spacial score (nSPS) is 15.6. The first-order valence-corrected chi connectivity index (χ1v) is 7.49. The van der Waals surface area contributed by atoms with Gasteiger partial charge < -0.3 is 0 Å². The van der Waals surface area contributed by atoms with E-state index in [1.165, 1.54) is 16.7 Å². The van der Waals surface area contributed by atoms with Gasteiger partial charge in [-0.2, -0.15) is 5.26 Å². The highest BCUT2D eigenvalue weighted by Crippen LogP contribution is 2.37. The van der Waals surface area contributed by atoms with Crippen LogP contribution in [0, 0.1) is 11.3 Å². The molecule has 3 rings (SSSR count). The number of nitriles is 1. The van der Waals surface area contributed by atoms with Gasteiger partial charge in [0.2, 0.25) is 5.78 Å². The van der Waals surface area contributed by atoms with Crippen molar-refractivity contribution in [3.05, 3.63) is 66.5 Å². The summed E-state index contributed by atoms with van der Waals surface area (Å²) < 4.78 is 14.7. The van der Waals surface area contributed by atoms with Crippen LogP contribution in [0.25, 0.3) is 0 Å². The van der Waals surface area contributed by atoms with E-state index >= 15 is 0 Å². The molecule has 1 N–H and O–H groups in total. The number of hydrogen-bond donors (Lipinski definition) is 1. The SMILES string of the molecule is CCn1c2c(c(=O)[nH]c1=O)C(C)c1c(CF)cc(C#N)cc1C2=O. The van der Waals surface area contributed by atoms with Gasteiger partial charge >= 0.3 is 5.69 Å². The Morgan fingerprint density at radius 2 is 2.00 bits per heavy atom. The summed E-state index contributed by atoms with van der Waals surface area (Å²) in [5.41, 5.74) is -0.160. The van der Waals surface area contributed by atoms with E-state index in [0.717, 1.165) is 0 Å². The van der Waals surface area contributed by atoms with Crippen molar-refractivity contribution in [2.75, 3.05) is 0 Å².